The minimum atomic E-state index is -0.536. The van der Waals surface area contributed by atoms with E-state index in [9.17, 15) is 19.3 Å². The van der Waals surface area contributed by atoms with E-state index in [0.717, 1.165) is 5.56 Å². The standard InChI is InChI=1S/C20H15FN4O4S/c1-11-18(19(26)22-15-8-7-14(25(27)28)9-17(15)29-2)30-20-23-16(10-24(11)20)12-3-5-13(21)6-4-12/h3-10H,1-2H3,(H,22,26). The third kappa shape index (κ3) is 3.48. The van der Waals surface area contributed by atoms with Gasteiger partial charge in [0.05, 0.1) is 29.5 Å². The van der Waals surface area contributed by atoms with Crippen LogP contribution in [-0.2, 0) is 0 Å². The number of amides is 1. The molecule has 2 aromatic carbocycles. The Hall–Kier alpha value is -3.79. The van der Waals surface area contributed by atoms with Crippen LogP contribution in [0.25, 0.3) is 16.2 Å². The van der Waals surface area contributed by atoms with E-state index >= 15 is 0 Å². The number of anilines is 1. The SMILES string of the molecule is COc1cc([N+](=O)[O-])ccc1NC(=O)c1sc2nc(-c3ccc(F)cc3)cn2c1C. The smallest absolute Gasteiger partial charge is 0.273 e. The predicted octanol–water partition coefficient (Wildman–Crippen LogP) is 4.68. The number of nitro benzene ring substituents is 1. The fraction of sp³-hybridized carbons (Fsp3) is 0.100. The highest BCUT2D eigenvalue weighted by molar-refractivity contribution is 7.19. The molecule has 0 saturated carbocycles. The Labute approximate surface area is 173 Å². The van der Waals surface area contributed by atoms with Crippen molar-refractivity contribution in [3.63, 3.8) is 0 Å². The number of carbonyl (C=O) groups is 1. The maximum absolute atomic E-state index is 13.1. The molecule has 1 amide bonds. The lowest BCUT2D eigenvalue weighted by Gasteiger charge is -2.09. The maximum Gasteiger partial charge on any atom is 0.273 e. The van der Waals surface area contributed by atoms with Crippen LogP contribution in [0.1, 0.15) is 15.4 Å². The van der Waals surface area contributed by atoms with Crippen molar-refractivity contribution in [1.29, 1.82) is 0 Å². The second-order valence-corrected chi connectivity index (χ2v) is 7.38. The van der Waals surface area contributed by atoms with Gasteiger partial charge in [0.2, 0.25) is 0 Å². The van der Waals surface area contributed by atoms with Crippen LogP contribution in [0.5, 0.6) is 5.75 Å². The second-order valence-electron chi connectivity index (χ2n) is 6.40. The number of fused-ring (bicyclic) bond motifs is 1. The van der Waals surface area contributed by atoms with Crippen molar-refractivity contribution in [3.8, 4) is 17.0 Å². The van der Waals surface area contributed by atoms with Gasteiger partial charge in [0.15, 0.2) is 4.96 Å². The lowest BCUT2D eigenvalue weighted by atomic mass is 10.2. The summed E-state index contributed by atoms with van der Waals surface area (Å²) < 4.78 is 20.1. The predicted molar refractivity (Wildman–Crippen MR) is 111 cm³/mol. The van der Waals surface area contributed by atoms with E-state index in [0.29, 0.717) is 26.9 Å². The Morgan fingerprint density at radius 1 is 1.27 bits per heavy atom. The number of aromatic nitrogens is 2. The third-order valence-electron chi connectivity index (χ3n) is 4.55. The lowest BCUT2D eigenvalue weighted by Crippen LogP contribution is -2.12. The number of hydrogen-bond acceptors (Lipinski definition) is 6. The highest BCUT2D eigenvalue weighted by Gasteiger charge is 2.20. The minimum absolute atomic E-state index is 0.135. The van der Waals surface area contributed by atoms with Crippen molar-refractivity contribution in [2.45, 2.75) is 6.92 Å². The van der Waals surface area contributed by atoms with Crippen LogP contribution < -0.4 is 10.1 Å². The molecule has 2 aromatic heterocycles. The Balaban J connectivity index is 1.63. The first kappa shape index (κ1) is 19.5. The number of thiazole rings is 1. The molecule has 0 fully saturated rings. The molecule has 10 heteroatoms. The summed E-state index contributed by atoms with van der Waals surface area (Å²) in [4.78, 5) is 28.8. The first-order valence-electron chi connectivity index (χ1n) is 8.75. The molecular weight excluding hydrogens is 411 g/mol. The number of imidazole rings is 1. The zero-order chi connectivity index (χ0) is 21.4. The van der Waals surface area contributed by atoms with Crippen LogP contribution in [0, 0.1) is 22.9 Å². The van der Waals surface area contributed by atoms with Gasteiger partial charge in [-0.15, -0.1) is 0 Å². The molecule has 2 heterocycles. The summed E-state index contributed by atoms with van der Waals surface area (Å²) in [6, 6.07) is 9.99. The highest BCUT2D eigenvalue weighted by atomic mass is 32.1. The molecule has 4 aromatic rings. The number of benzene rings is 2. The Morgan fingerprint density at radius 2 is 2.00 bits per heavy atom. The molecule has 0 aliphatic heterocycles. The number of hydrogen-bond donors (Lipinski definition) is 1. The lowest BCUT2D eigenvalue weighted by molar-refractivity contribution is -0.384. The molecule has 0 saturated heterocycles. The summed E-state index contributed by atoms with van der Waals surface area (Å²) in [5, 5.41) is 13.7. The van der Waals surface area contributed by atoms with Crippen LogP contribution in [0.2, 0.25) is 0 Å². The molecule has 0 spiro atoms. The van der Waals surface area contributed by atoms with Crippen molar-refractivity contribution in [2.24, 2.45) is 0 Å². The van der Waals surface area contributed by atoms with E-state index in [4.69, 9.17) is 4.74 Å². The van der Waals surface area contributed by atoms with E-state index < -0.39 is 4.92 Å². The van der Waals surface area contributed by atoms with E-state index in [1.807, 2.05) is 0 Å². The van der Waals surface area contributed by atoms with Gasteiger partial charge < -0.3 is 10.1 Å². The molecule has 8 nitrogen and oxygen atoms in total. The van der Waals surface area contributed by atoms with E-state index in [1.54, 1.807) is 29.7 Å². The molecule has 0 radical (unpaired) electrons. The van der Waals surface area contributed by atoms with Gasteiger partial charge in [0.25, 0.3) is 11.6 Å². The molecule has 30 heavy (non-hydrogen) atoms. The highest BCUT2D eigenvalue weighted by Crippen LogP contribution is 2.31. The van der Waals surface area contributed by atoms with Crippen LogP contribution >= 0.6 is 11.3 Å². The number of carbonyl (C=O) groups excluding carboxylic acids is 1. The molecule has 0 aliphatic rings. The molecule has 0 bridgehead atoms. The Kier molecular flexibility index (Phi) is 4.92. The molecule has 1 N–H and O–H groups in total. The number of methoxy groups -OCH3 is 1. The number of nitrogens with zero attached hydrogens (tertiary/aromatic N) is 3. The van der Waals surface area contributed by atoms with Gasteiger partial charge in [-0.1, -0.05) is 11.3 Å². The molecule has 4 rings (SSSR count). The summed E-state index contributed by atoms with van der Waals surface area (Å²) in [5.74, 6) is -0.509. The number of ether oxygens (including phenoxy) is 1. The number of non-ortho nitro benzene ring substituents is 1. The van der Waals surface area contributed by atoms with E-state index in [-0.39, 0.29) is 23.2 Å². The largest absolute Gasteiger partial charge is 0.494 e. The number of nitrogens with one attached hydrogen (secondary N) is 1. The van der Waals surface area contributed by atoms with Gasteiger partial charge in [-0.05, 0) is 37.3 Å². The zero-order valence-electron chi connectivity index (χ0n) is 15.9. The number of aryl methyl sites for hydroxylation is 1. The van der Waals surface area contributed by atoms with Crippen molar-refractivity contribution < 1.29 is 18.8 Å². The zero-order valence-corrected chi connectivity index (χ0v) is 16.7. The van der Waals surface area contributed by atoms with Crippen LogP contribution in [0.15, 0.2) is 48.7 Å². The molecular formula is C20H15FN4O4S. The van der Waals surface area contributed by atoms with Crippen molar-refractivity contribution >= 4 is 33.6 Å². The van der Waals surface area contributed by atoms with Crippen molar-refractivity contribution in [3.05, 3.63) is 75.2 Å². The van der Waals surface area contributed by atoms with E-state index in [1.165, 1.54) is 48.8 Å². The maximum atomic E-state index is 13.1. The number of rotatable bonds is 5. The first-order valence-corrected chi connectivity index (χ1v) is 9.57. The van der Waals surface area contributed by atoms with Crippen molar-refractivity contribution in [2.75, 3.05) is 12.4 Å². The molecule has 152 valence electrons. The van der Waals surface area contributed by atoms with Crippen LogP contribution in [-0.4, -0.2) is 27.3 Å². The van der Waals surface area contributed by atoms with E-state index in [2.05, 4.69) is 10.3 Å². The molecule has 0 unspecified atom stereocenters. The van der Waals surface area contributed by atoms with Gasteiger partial charge in [0, 0.05) is 23.5 Å². The Bertz CT molecular complexity index is 1280. The minimum Gasteiger partial charge on any atom is -0.494 e. The van der Waals surface area contributed by atoms with Crippen molar-refractivity contribution in [1.82, 2.24) is 9.38 Å². The quantitative estimate of drug-likeness (QED) is 0.369. The number of nitro groups is 1. The second kappa shape index (κ2) is 7.56. The van der Waals surface area contributed by atoms with Gasteiger partial charge in [-0.2, -0.15) is 0 Å². The normalized spacial score (nSPS) is 10.9. The first-order chi connectivity index (χ1) is 14.4. The summed E-state index contributed by atoms with van der Waals surface area (Å²) in [6.07, 6.45) is 1.79. The summed E-state index contributed by atoms with van der Waals surface area (Å²) >= 11 is 1.21. The summed E-state index contributed by atoms with van der Waals surface area (Å²) in [7, 11) is 1.37. The molecule has 0 atom stereocenters. The van der Waals surface area contributed by atoms with Gasteiger partial charge in [0.1, 0.15) is 16.4 Å². The fourth-order valence-electron chi connectivity index (χ4n) is 3.00. The Morgan fingerprint density at radius 3 is 2.63 bits per heavy atom. The topological polar surface area (TPSA) is 98.8 Å². The fourth-order valence-corrected chi connectivity index (χ4v) is 4.00. The third-order valence-corrected chi connectivity index (χ3v) is 5.70. The van der Waals surface area contributed by atoms with Gasteiger partial charge >= 0.3 is 0 Å². The summed E-state index contributed by atoms with van der Waals surface area (Å²) in [5.41, 5.74) is 2.32. The molecule has 0 aliphatic carbocycles. The number of halogens is 1. The van der Waals surface area contributed by atoms with Gasteiger partial charge in [-0.3, -0.25) is 19.3 Å². The monoisotopic (exact) mass is 426 g/mol. The van der Waals surface area contributed by atoms with Crippen LogP contribution in [0.4, 0.5) is 15.8 Å². The average molecular weight is 426 g/mol. The summed E-state index contributed by atoms with van der Waals surface area (Å²) in [6.45, 7) is 1.79. The average Bonchev–Trinajstić information content (AvgIpc) is 3.28. The van der Waals surface area contributed by atoms with Gasteiger partial charge in [-0.25, -0.2) is 9.37 Å². The van der Waals surface area contributed by atoms with Crippen LogP contribution in [0.3, 0.4) is 0 Å².